The molecule has 3 rings (SSSR count). The van der Waals surface area contributed by atoms with Gasteiger partial charge in [-0.3, -0.25) is 9.63 Å². The van der Waals surface area contributed by atoms with Crippen LogP contribution in [-0.4, -0.2) is 65.4 Å². The molecule has 33 heavy (non-hydrogen) atoms. The van der Waals surface area contributed by atoms with Crippen LogP contribution in [0.2, 0.25) is 0 Å². The number of benzene rings is 2. The van der Waals surface area contributed by atoms with E-state index in [-0.39, 0.29) is 31.2 Å². The molecule has 0 saturated carbocycles. The molecular formula is C25H33N3O5. The number of nitrogens with zero attached hydrogens (tertiary/aromatic N) is 3. The van der Waals surface area contributed by atoms with Gasteiger partial charge in [-0.15, -0.1) is 0 Å². The third-order valence-electron chi connectivity index (χ3n) is 5.20. The summed E-state index contributed by atoms with van der Waals surface area (Å²) < 4.78 is 5.45. The van der Waals surface area contributed by atoms with Gasteiger partial charge in [-0.25, -0.2) is 4.79 Å². The minimum Gasteiger partial charge on any atom is -0.508 e. The highest BCUT2D eigenvalue weighted by atomic mass is 16.7. The van der Waals surface area contributed by atoms with Crippen molar-refractivity contribution < 1.29 is 24.3 Å². The summed E-state index contributed by atoms with van der Waals surface area (Å²) in [6, 6.07) is 16.6. The van der Waals surface area contributed by atoms with E-state index in [9.17, 15) is 14.7 Å². The number of anilines is 1. The standard InChI is InChI=1S/C25H33N3O5/c1-25(2,3)33-24(31)28(32-19-20-7-5-4-6-8-20)14-13-23(30)27-17-15-26(16-18-27)21-9-11-22(29)12-10-21/h4-12,29H,13-19H2,1-3H3. The van der Waals surface area contributed by atoms with Crippen molar-refractivity contribution in [1.29, 1.82) is 0 Å². The van der Waals surface area contributed by atoms with Gasteiger partial charge in [0, 0.05) is 38.3 Å². The number of ether oxygens (including phenoxy) is 1. The average Bonchev–Trinajstić information content (AvgIpc) is 2.79. The first kappa shape index (κ1) is 24.4. The summed E-state index contributed by atoms with van der Waals surface area (Å²) in [5.41, 5.74) is 1.27. The minimum absolute atomic E-state index is 0.0303. The van der Waals surface area contributed by atoms with Gasteiger partial charge in [0.15, 0.2) is 0 Å². The van der Waals surface area contributed by atoms with Gasteiger partial charge in [0.05, 0.1) is 6.54 Å². The summed E-state index contributed by atoms with van der Waals surface area (Å²) in [6.45, 7) is 8.29. The fourth-order valence-electron chi connectivity index (χ4n) is 3.48. The molecule has 2 amide bonds. The van der Waals surface area contributed by atoms with Gasteiger partial charge in [-0.05, 0) is 50.6 Å². The van der Waals surface area contributed by atoms with Crippen LogP contribution in [0.5, 0.6) is 5.75 Å². The molecule has 1 aliphatic rings. The molecule has 1 N–H and O–H groups in total. The molecule has 0 radical (unpaired) electrons. The van der Waals surface area contributed by atoms with Gasteiger partial charge in [-0.1, -0.05) is 30.3 Å². The maximum atomic E-state index is 12.8. The van der Waals surface area contributed by atoms with E-state index in [1.807, 2.05) is 42.5 Å². The first-order valence-electron chi connectivity index (χ1n) is 11.2. The van der Waals surface area contributed by atoms with Crippen LogP contribution < -0.4 is 4.90 Å². The van der Waals surface area contributed by atoms with Crippen LogP contribution in [0, 0.1) is 0 Å². The van der Waals surface area contributed by atoms with Crippen molar-refractivity contribution in [3.05, 3.63) is 60.2 Å². The molecule has 1 fully saturated rings. The Bertz CT molecular complexity index is 904. The summed E-state index contributed by atoms with van der Waals surface area (Å²) in [7, 11) is 0. The van der Waals surface area contributed by atoms with E-state index in [2.05, 4.69) is 4.90 Å². The number of phenolic OH excluding ortho intramolecular Hbond substituents is 1. The average molecular weight is 456 g/mol. The van der Waals surface area contributed by atoms with E-state index in [0.717, 1.165) is 16.3 Å². The number of hydroxylamine groups is 2. The Hall–Kier alpha value is -3.26. The second-order valence-electron chi connectivity index (χ2n) is 8.98. The van der Waals surface area contributed by atoms with Crippen LogP contribution in [0.1, 0.15) is 32.8 Å². The number of hydrogen-bond donors (Lipinski definition) is 1. The predicted molar refractivity (Wildman–Crippen MR) is 126 cm³/mol. The summed E-state index contributed by atoms with van der Waals surface area (Å²) in [5, 5.41) is 10.6. The fourth-order valence-corrected chi connectivity index (χ4v) is 3.48. The second kappa shape index (κ2) is 11.0. The Balaban J connectivity index is 1.52. The van der Waals surface area contributed by atoms with Crippen molar-refractivity contribution in [3.63, 3.8) is 0 Å². The molecule has 0 bridgehead atoms. The molecule has 0 spiro atoms. The lowest BCUT2D eigenvalue weighted by atomic mass is 10.2. The quantitative estimate of drug-likeness (QED) is 0.640. The minimum atomic E-state index is -0.667. The highest BCUT2D eigenvalue weighted by molar-refractivity contribution is 5.77. The van der Waals surface area contributed by atoms with Crippen molar-refractivity contribution in [2.75, 3.05) is 37.6 Å². The van der Waals surface area contributed by atoms with Crippen molar-refractivity contribution in [3.8, 4) is 5.75 Å². The van der Waals surface area contributed by atoms with Gasteiger partial charge in [0.2, 0.25) is 5.91 Å². The number of carbonyl (C=O) groups excluding carboxylic acids is 2. The summed E-state index contributed by atoms with van der Waals surface area (Å²) in [5.74, 6) is 0.203. The summed E-state index contributed by atoms with van der Waals surface area (Å²) in [6.07, 6.45) is -0.462. The van der Waals surface area contributed by atoms with Gasteiger partial charge in [0.25, 0.3) is 0 Å². The molecule has 0 aromatic heterocycles. The molecule has 8 nitrogen and oxygen atoms in total. The Morgan fingerprint density at radius 2 is 1.61 bits per heavy atom. The zero-order chi connectivity index (χ0) is 23.8. The van der Waals surface area contributed by atoms with Crippen LogP contribution in [0.3, 0.4) is 0 Å². The van der Waals surface area contributed by atoms with E-state index >= 15 is 0 Å². The van der Waals surface area contributed by atoms with E-state index in [1.54, 1.807) is 37.8 Å². The molecule has 1 heterocycles. The molecular weight excluding hydrogens is 422 g/mol. The van der Waals surface area contributed by atoms with Gasteiger partial charge < -0.3 is 19.6 Å². The predicted octanol–water partition coefficient (Wildman–Crippen LogP) is 3.80. The molecule has 2 aromatic carbocycles. The van der Waals surface area contributed by atoms with Crippen LogP contribution >= 0.6 is 0 Å². The highest BCUT2D eigenvalue weighted by Crippen LogP contribution is 2.20. The van der Waals surface area contributed by atoms with Crippen LogP contribution in [0.4, 0.5) is 10.5 Å². The SMILES string of the molecule is CC(C)(C)OC(=O)N(CCC(=O)N1CCN(c2ccc(O)cc2)CC1)OCc1ccccc1. The number of aromatic hydroxyl groups is 1. The van der Waals surface area contributed by atoms with Crippen molar-refractivity contribution >= 4 is 17.7 Å². The topological polar surface area (TPSA) is 82.6 Å². The second-order valence-corrected chi connectivity index (χ2v) is 8.98. The number of amides is 2. The lowest BCUT2D eigenvalue weighted by Crippen LogP contribution is -2.49. The molecule has 1 aliphatic heterocycles. The molecule has 8 heteroatoms. The first-order chi connectivity index (χ1) is 15.7. The molecule has 0 aliphatic carbocycles. The number of piperazine rings is 1. The fraction of sp³-hybridized carbons (Fsp3) is 0.440. The van der Waals surface area contributed by atoms with Crippen LogP contribution in [0.15, 0.2) is 54.6 Å². The van der Waals surface area contributed by atoms with E-state index in [1.165, 1.54) is 0 Å². The zero-order valence-electron chi connectivity index (χ0n) is 19.6. The number of phenols is 1. The Morgan fingerprint density at radius 1 is 0.970 bits per heavy atom. The lowest BCUT2D eigenvalue weighted by molar-refractivity contribution is -0.160. The van der Waals surface area contributed by atoms with E-state index in [0.29, 0.717) is 26.2 Å². The molecule has 0 unspecified atom stereocenters. The zero-order valence-corrected chi connectivity index (χ0v) is 19.6. The normalized spacial score (nSPS) is 14.2. The lowest BCUT2D eigenvalue weighted by Gasteiger charge is -2.36. The van der Waals surface area contributed by atoms with Crippen molar-refractivity contribution in [2.45, 2.75) is 39.4 Å². The Labute approximate surface area is 195 Å². The monoisotopic (exact) mass is 455 g/mol. The maximum absolute atomic E-state index is 12.8. The smallest absolute Gasteiger partial charge is 0.434 e. The first-order valence-corrected chi connectivity index (χ1v) is 11.2. The number of rotatable bonds is 7. The van der Waals surface area contributed by atoms with E-state index in [4.69, 9.17) is 9.57 Å². The van der Waals surface area contributed by atoms with E-state index < -0.39 is 11.7 Å². The molecule has 0 atom stereocenters. The highest BCUT2D eigenvalue weighted by Gasteiger charge is 2.26. The maximum Gasteiger partial charge on any atom is 0.434 e. The molecule has 2 aromatic rings. The summed E-state index contributed by atoms with van der Waals surface area (Å²) in [4.78, 5) is 35.1. The van der Waals surface area contributed by atoms with Gasteiger partial charge >= 0.3 is 6.09 Å². The number of carbonyl (C=O) groups is 2. The molecule has 1 saturated heterocycles. The third-order valence-corrected chi connectivity index (χ3v) is 5.20. The van der Waals surface area contributed by atoms with Gasteiger partial charge in [-0.2, -0.15) is 5.06 Å². The van der Waals surface area contributed by atoms with Crippen molar-refractivity contribution in [1.82, 2.24) is 9.96 Å². The van der Waals surface area contributed by atoms with Gasteiger partial charge in [0.1, 0.15) is 18.0 Å². The largest absolute Gasteiger partial charge is 0.508 e. The van der Waals surface area contributed by atoms with Crippen molar-refractivity contribution in [2.24, 2.45) is 0 Å². The Kier molecular flexibility index (Phi) is 8.16. The van der Waals surface area contributed by atoms with Crippen LogP contribution in [0.25, 0.3) is 0 Å². The molecule has 178 valence electrons. The van der Waals surface area contributed by atoms with Crippen LogP contribution in [-0.2, 0) is 21.0 Å². The summed E-state index contributed by atoms with van der Waals surface area (Å²) >= 11 is 0. The Morgan fingerprint density at radius 3 is 2.21 bits per heavy atom. The third kappa shape index (κ3) is 7.68. The number of hydrogen-bond acceptors (Lipinski definition) is 6.